The molecule has 4 aromatic carbocycles. The van der Waals surface area contributed by atoms with E-state index in [1.807, 2.05) is 36.4 Å². The molecule has 0 aliphatic heterocycles. The first-order valence-electron chi connectivity index (χ1n) is 11.9. The van der Waals surface area contributed by atoms with Crippen molar-refractivity contribution >= 4 is 68.8 Å². The number of nitrogens with zero attached hydrogens (tertiary/aromatic N) is 2. The van der Waals surface area contributed by atoms with Crippen LogP contribution in [0.4, 0.5) is 0 Å². The minimum absolute atomic E-state index is 0.153. The van der Waals surface area contributed by atoms with Crippen molar-refractivity contribution in [2.75, 3.05) is 5.75 Å². The van der Waals surface area contributed by atoms with E-state index in [2.05, 4.69) is 65.3 Å². The molecule has 0 bridgehead atoms. The van der Waals surface area contributed by atoms with Gasteiger partial charge in [-0.1, -0.05) is 77.3 Å². The highest BCUT2D eigenvalue weighted by Gasteiger charge is 2.15. The van der Waals surface area contributed by atoms with Gasteiger partial charge in [0.1, 0.15) is 0 Å². The quantitative estimate of drug-likeness (QED) is 0.128. The molecular weight excluding hydrogens is 521 g/mol. The van der Waals surface area contributed by atoms with Crippen LogP contribution in [-0.2, 0) is 11.3 Å². The number of nitrogens with one attached hydrogen (secondary N) is 1. The van der Waals surface area contributed by atoms with E-state index in [1.165, 1.54) is 11.8 Å². The Morgan fingerprint density at radius 3 is 2.62 bits per heavy atom. The van der Waals surface area contributed by atoms with Crippen LogP contribution < -0.4 is 5.43 Å². The summed E-state index contributed by atoms with van der Waals surface area (Å²) in [6.07, 6.45) is 1.73. The molecule has 0 fully saturated rings. The Morgan fingerprint density at radius 2 is 1.78 bits per heavy atom. The van der Waals surface area contributed by atoms with Crippen molar-refractivity contribution in [3.8, 4) is 0 Å². The molecule has 7 heteroatoms. The van der Waals surface area contributed by atoms with Gasteiger partial charge in [-0.15, -0.1) is 11.8 Å². The van der Waals surface area contributed by atoms with Crippen LogP contribution in [0.1, 0.15) is 22.4 Å². The predicted molar refractivity (Wildman–Crippen MR) is 157 cm³/mol. The van der Waals surface area contributed by atoms with E-state index in [0.29, 0.717) is 16.6 Å². The van der Waals surface area contributed by atoms with Crippen LogP contribution in [0.5, 0.6) is 0 Å². The zero-order valence-corrected chi connectivity index (χ0v) is 22.8. The van der Waals surface area contributed by atoms with Gasteiger partial charge in [0.25, 0.3) is 0 Å². The average Bonchev–Trinajstić information content (AvgIpc) is 3.14. The monoisotopic (exact) mass is 545 g/mol. The molecule has 1 amide bonds. The van der Waals surface area contributed by atoms with E-state index < -0.39 is 0 Å². The molecule has 1 heterocycles. The summed E-state index contributed by atoms with van der Waals surface area (Å²) in [7, 11) is 0. The van der Waals surface area contributed by atoms with Gasteiger partial charge in [0, 0.05) is 43.6 Å². The van der Waals surface area contributed by atoms with Crippen molar-refractivity contribution in [3.63, 3.8) is 0 Å². The lowest BCUT2D eigenvalue weighted by molar-refractivity contribution is -0.118. The van der Waals surface area contributed by atoms with Gasteiger partial charge in [-0.3, -0.25) is 4.79 Å². The Kier molecular flexibility index (Phi) is 7.56. The fourth-order valence-electron chi connectivity index (χ4n) is 4.47. The molecule has 0 saturated carbocycles. The first-order valence-corrected chi connectivity index (χ1v) is 13.6. The van der Waals surface area contributed by atoms with Crippen LogP contribution in [0.25, 0.3) is 21.7 Å². The molecule has 0 aliphatic carbocycles. The maximum atomic E-state index is 12.6. The number of carbonyl (C=O) groups is 1. The van der Waals surface area contributed by atoms with Gasteiger partial charge in [0.2, 0.25) is 5.91 Å². The van der Waals surface area contributed by atoms with Crippen LogP contribution in [0.2, 0.25) is 10.0 Å². The van der Waals surface area contributed by atoms with Gasteiger partial charge in [-0.25, -0.2) is 5.43 Å². The molecule has 0 saturated heterocycles. The first-order chi connectivity index (χ1) is 17.9. The molecule has 0 spiro atoms. The number of rotatable bonds is 7. The minimum atomic E-state index is -0.153. The van der Waals surface area contributed by atoms with Gasteiger partial charge in [-0.2, -0.15) is 5.10 Å². The summed E-state index contributed by atoms with van der Waals surface area (Å²) >= 11 is 14.1. The van der Waals surface area contributed by atoms with Crippen molar-refractivity contribution in [2.24, 2.45) is 5.10 Å². The second-order valence-electron chi connectivity index (χ2n) is 8.90. The Balaban J connectivity index is 1.34. The van der Waals surface area contributed by atoms with Gasteiger partial charge in [0.05, 0.1) is 12.0 Å². The molecule has 4 nitrogen and oxygen atoms in total. The largest absolute Gasteiger partial charge is 0.340 e. The lowest BCUT2D eigenvalue weighted by Gasteiger charge is -2.11. The number of carbonyl (C=O) groups excluding carboxylic acids is 1. The van der Waals surface area contributed by atoms with Crippen molar-refractivity contribution < 1.29 is 4.79 Å². The summed E-state index contributed by atoms with van der Waals surface area (Å²) in [5, 5.41) is 8.93. The SMILES string of the molecule is Cc1ccc2c(c1)c(/C=N\NC(=O)CSc1cccc3ccccc13)c(C)n2Cc1ccc(Cl)cc1Cl. The first kappa shape index (κ1) is 25.4. The van der Waals surface area contributed by atoms with E-state index in [0.717, 1.165) is 49.0 Å². The number of aromatic nitrogens is 1. The van der Waals surface area contributed by atoms with Crippen molar-refractivity contribution in [1.82, 2.24) is 9.99 Å². The fraction of sp³-hybridized carbons (Fsp3) is 0.133. The summed E-state index contributed by atoms with van der Waals surface area (Å²) in [5.74, 6) is 0.125. The van der Waals surface area contributed by atoms with Gasteiger partial charge < -0.3 is 4.57 Å². The molecule has 5 aromatic rings. The number of fused-ring (bicyclic) bond motifs is 2. The molecule has 1 aromatic heterocycles. The zero-order chi connectivity index (χ0) is 25.9. The van der Waals surface area contributed by atoms with Crippen LogP contribution in [0.15, 0.2) is 88.9 Å². The molecule has 0 radical (unpaired) electrons. The molecule has 0 atom stereocenters. The van der Waals surface area contributed by atoms with Crippen molar-refractivity contribution in [3.05, 3.63) is 111 Å². The van der Waals surface area contributed by atoms with E-state index in [9.17, 15) is 4.79 Å². The third-order valence-electron chi connectivity index (χ3n) is 6.36. The van der Waals surface area contributed by atoms with E-state index >= 15 is 0 Å². The maximum absolute atomic E-state index is 12.6. The molecule has 0 unspecified atom stereocenters. The third-order valence-corrected chi connectivity index (χ3v) is 8.02. The van der Waals surface area contributed by atoms with E-state index in [-0.39, 0.29) is 11.7 Å². The highest BCUT2D eigenvalue weighted by Crippen LogP contribution is 2.30. The second-order valence-corrected chi connectivity index (χ2v) is 10.8. The number of thioether (sulfide) groups is 1. The average molecular weight is 547 g/mol. The van der Waals surface area contributed by atoms with E-state index in [4.69, 9.17) is 23.2 Å². The molecule has 186 valence electrons. The van der Waals surface area contributed by atoms with Crippen LogP contribution >= 0.6 is 35.0 Å². The molecule has 5 rings (SSSR count). The third kappa shape index (κ3) is 5.54. The van der Waals surface area contributed by atoms with Gasteiger partial charge in [-0.05, 0) is 60.5 Å². The molecule has 0 aliphatic rings. The number of aryl methyl sites for hydroxylation is 1. The lowest BCUT2D eigenvalue weighted by Crippen LogP contribution is -2.19. The molecule has 37 heavy (non-hydrogen) atoms. The normalized spacial score (nSPS) is 11.6. The van der Waals surface area contributed by atoms with Crippen molar-refractivity contribution in [2.45, 2.75) is 25.3 Å². The highest BCUT2D eigenvalue weighted by atomic mass is 35.5. The van der Waals surface area contributed by atoms with Gasteiger partial charge in [0.15, 0.2) is 0 Å². The second kappa shape index (κ2) is 11.0. The fourth-order valence-corrected chi connectivity index (χ4v) is 5.81. The number of benzene rings is 4. The standard InChI is InChI=1S/C30H25Cl2N3OS/c1-19-10-13-28-25(14-19)26(20(2)35(28)17-22-11-12-23(31)15-27(22)32)16-33-34-30(36)18-37-29-9-5-7-21-6-3-4-8-24(21)29/h3-16H,17-18H2,1-2H3,(H,34,36)/b33-16-. The highest BCUT2D eigenvalue weighted by molar-refractivity contribution is 8.00. The van der Waals surface area contributed by atoms with E-state index in [1.54, 1.807) is 12.3 Å². The maximum Gasteiger partial charge on any atom is 0.250 e. The number of hydrazone groups is 1. The number of hydrogen-bond donors (Lipinski definition) is 1. The van der Waals surface area contributed by atoms with Crippen LogP contribution in [-0.4, -0.2) is 22.4 Å². The number of hydrogen-bond acceptors (Lipinski definition) is 3. The number of halogens is 2. The topological polar surface area (TPSA) is 46.4 Å². The summed E-state index contributed by atoms with van der Waals surface area (Å²) in [4.78, 5) is 13.7. The summed E-state index contributed by atoms with van der Waals surface area (Å²) in [6.45, 7) is 4.72. The Morgan fingerprint density at radius 1 is 0.973 bits per heavy atom. The minimum Gasteiger partial charge on any atom is -0.340 e. The zero-order valence-electron chi connectivity index (χ0n) is 20.5. The number of amides is 1. The summed E-state index contributed by atoms with van der Waals surface area (Å²) in [5.41, 5.74) is 7.91. The molecule has 1 N–H and O–H groups in total. The lowest BCUT2D eigenvalue weighted by atomic mass is 10.1. The van der Waals surface area contributed by atoms with Crippen LogP contribution in [0, 0.1) is 13.8 Å². The predicted octanol–water partition coefficient (Wildman–Crippen LogP) is 8.01. The van der Waals surface area contributed by atoms with Crippen LogP contribution in [0.3, 0.4) is 0 Å². The Hall–Kier alpha value is -3.25. The Labute approximate surface area is 230 Å². The summed E-state index contributed by atoms with van der Waals surface area (Å²) in [6, 6.07) is 26.2. The molecular formula is C30H25Cl2N3OS. The van der Waals surface area contributed by atoms with Gasteiger partial charge >= 0.3 is 0 Å². The smallest absolute Gasteiger partial charge is 0.250 e. The van der Waals surface area contributed by atoms with Crippen molar-refractivity contribution in [1.29, 1.82) is 0 Å². The Bertz CT molecular complexity index is 1650. The summed E-state index contributed by atoms with van der Waals surface area (Å²) < 4.78 is 2.21.